The van der Waals surface area contributed by atoms with Gasteiger partial charge in [0.25, 0.3) is 0 Å². The third-order valence-electron chi connectivity index (χ3n) is 3.48. The van der Waals surface area contributed by atoms with Crippen LogP contribution in [0.1, 0.15) is 65.2 Å². The zero-order valence-corrected chi connectivity index (χ0v) is 10.5. The Labute approximate surface area is 95.0 Å². The van der Waals surface area contributed by atoms with Crippen molar-refractivity contribution in [3.63, 3.8) is 0 Å². The molecule has 3 unspecified atom stereocenters. The third-order valence-corrected chi connectivity index (χ3v) is 3.48. The lowest BCUT2D eigenvalue weighted by Gasteiger charge is -2.30. The largest absolute Gasteiger partial charge is 0.328 e. The van der Waals surface area contributed by atoms with Crippen molar-refractivity contribution in [3.05, 3.63) is 0 Å². The highest BCUT2D eigenvalue weighted by atomic mass is 14.9. The Morgan fingerprint density at radius 2 is 2.13 bits per heavy atom. The van der Waals surface area contributed by atoms with Crippen LogP contribution in [0, 0.1) is 0 Å². The average Bonchev–Trinajstić information content (AvgIpc) is 2.18. The van der Waals surface area contributed by atoms with E-state index in [9.17, 15) is 0 Å². The lowest BCUT2D eigenvalue weighted by molar-refractivity contribution is 0.309. The second kappa shape index (κ2) is 7.24. The van der Waals surface area contributed by atoms with Crippen LogP contribution in [0.3, 0.4) is 0 Å². The lowest BCUT2D eigenvalue weighted by atomic mass is 9.91. The highest BCUT2D eigenvalue weighted by Crippen LogP contribution is 2.18. The third kappa shape index (κ3) is 5.53. The molecule has 0 aromatic rings. The Morgan fingerprint density at radius 3 is 2.80 bits per heavy atom. The van der Waals surface area contributed by atoms with Gasteiger partial charge in [0.15, 0.2) is 0 Å². The van der Waals surface area contributed by atoms with Gasteiger partial charge in [-0.05, 0) is 32.6 Å². The molecule has 1 aliphatic rings. The van der Waals surface area contributed by atoms with Crippen LogP contribution < -0.4 is 11.1 Å². The minimum absolute atomic E-state index is 0.444. The average molecular weight is 212 g/mol. The van der Waals surface area contributed by atoms with Gasteiger partial charge in [-0.2, -0.15) is 0 Å². The van der Waals surface area contributed by atoms with Crippen molar-refractivity contribution in [1.29, 1.82) is 0 Å². The highest BCUT2D eigenvalue weighted by Gasteiger charge is 2.19. The van der Waals surface area contributed by atoms with E-state index in [1.54, 1.807) is 0 Å². The fraction of sp³-hybridized carbons (Fsp3) is 1.00. The number of unbranched alkanes of at least 4 members (excludes halogenated alkanes) is 2. The summed E-state index contributed by atoms with van der Waals surface area (Å²) in [7, 11) is 0. The van der Waals surface area contributed by atoms with Crippen LogP contribution in [-0.2, 0) is 0 Å². The molecule has 1 saturated carbocycles. The first-order valence-corrected chi connectivity index (χ1v) is 6.74. The van der Waals surface area contributed by atoms with Crippen molar-refractivity contribution < 1.29 is 0 Å². The molecule has 0 radical (unpaired) electrons. The molecule has 3 atom stereocenters. The Morgan fingerprint density at radius 1 is 1.33 bits per heavy atom. The zero-order chi connectivity index (χ0) is 11.1. The molecular weight excluding hydrogens is 184 g/mol. The Bertz CT molecular complexity index is 159. The molecule has 0 saturated heterocycles. The van der Waals surface area contributed by atoms with E-state index in [2.05, 4.69) is 19.2 Å². The Hall–Kier alpha value is -0.0800. The number of rotatable bonds is 6. The fourth-order valence-electron chi connectivity index (χ4n) is 2.57. The fourth-order valence-corrected chi connectivity index (χ4v) is 2.57. The van der Waals surface area contributed by atoms with Crippen LogP contribution in [0.4, 0.5) is 0 Å². The molecule has 0 aliphatic heterocycles. The summed E-state index contributed by atoms with van der Waals surface area (Å²) in [5, 5.41) is 3.73. The number of nitrogens with one attached hydrogen (secondary N) is 1. The second-order valence-corrected chi connectivity index (χ2v) is 5.19. The van der Waals surface area contributed by atoms with E-state index < -0.39 is 0 Å². The smallest absolute Gasteiger partial charge is 0.00842 e. The molecule has 15 heavy (non-hydrogen) atoms. The van der Waals surface area contributed by atoms with Gasteiger partial charge in [-0.3, -0.25) is 0 Å². The van der Waals surface area contributed by atoms with Crippen molar-refractivity contribution >= 4 is 0 Å². The first-order valence-electron chi connectivity index (χ1n) is 6.74. The van der Waals surface area contributed by atoms with Crippen molar-refractivity contribution in [3.8, 4) is 0 Å². The van der Waals surface area contributed by atoms with E-state index in [1.807, 2.05) is 0 Å². The van der Waals surface area contributed by atoms with Gasteiger partial charge in [0, 0.05) is 18.1 Å². The predicted octanol–water partition coefficient (Wildman–Crippen LogP) is 2.81. The van der Waals surface area contributed by atoms with Crippen LogP contribution in [0.25, 0.3) is 0 Å². The van der Waals surface area contributed by atoms with Crippen LogP contribution in [0.15, 0.2) is 0 Å². The zero-order valence-electron chi connectivity index (χ0n) is 10.5. The highest BCUT2D eigenvalue weighted by molar-refractivity contribution is 4.81. The van der Waals surface area contributed by atoms with Gasteiger partial charge < -0.3 is 11.1 Å². The molecule has 0 spiro atoms. The summed E-state index contributed by atoms with van der Waals surface area (Å²) in [6.07, 6.45) is 10.4. The molecule has 2 heteroatoms. The van der Waals surface area contributed by atoms with E-state index in [0.29, 0.717) is 18.1 Å². The van der Waals surface area contributed by atoms with Crippen LogP contribution in [0.5, 0.6) is 0 Å². The summed E-state index contributed by atoms with van der Waals surface area (Å²) in [5.74, 6) is 0. The Balaban J connectivity index is 2.10. The molecular formula is C13H28N2. The SMILES string of the molecule is CCCCCC(C)NC1CCCC(N)C1. The predicted molar refractivity (Wildman–Crippen MR) is 67.0 cm³/mol. The minimum atomic E-state index is 0.444. The molecule has 0 amide bonds. The van der Waals surface area contributed by atoms with Crippen molar-refractivity contribution in [1.82, 2.24) is 5.32 Å². The van der Waals surface area contributed by atoms with Gasteiger partial charge in [0.2, 0.25) is 0 Å². The van der Waals surface area contributed by atoms with Gasteiger partial charge in [0.1, 0.15) is 0 Å². The van der Waals surface area contributed by atoms with Gasteiger partial charge >= 0.3 is 0 Å². The molecule has 0 heterocycles. The molecule has 90 valence electrons. The van der Waals surface area contributed by atoms with E-state index in [1.165, 1.54) is 51.4 Å². The van der Waals surface area contributed by atoms with Crippen LogP contribution in [0.2, 0.25) is 0 Å². The summed E-state index contributed by atoms with van der Waals surface area (Å²) in [5.41, 5.74) is 5.98. The summed E-state index contributed by atoms with van der Waals surface area (Å²) in [6.45, 7) is 4.58. The normalized spacial score (nSPS) is 29.0. The second-order valence-electron chi connectivity index (χ2n) is 5.19. The van der Waals surface area contributed by atoms with Crippen LogP contribution >= 0.6 is 0 Å². The molecule has 2 nitrogen and oxygen atoms in total. The molecule has 3 N–H and O–H groups in total. The summed E-state index contributed by atoms with van der Waals surface area (Å²) in [6, 6.07) is 1.80. The van der Waals surface area contributed by atoms with Gasteiger partial charge in [0.05, 0.1) is 0 Å². The van der Waals surface area contributed by atoms with Crippen molar-refractivity contribution in [2.75, 3.05) is 0 Å². The van der Waals surface area contributed by atoms with Gasteiger partial charge in [-0.1, -0.05) is 32.6 Å². The summed E-state index contributed by atoms with van der Waals surface area (Å²) < 4.78 is 0. The quantitative estimate of drug-likeness (QED) is 0.664. The monoisotopic (exact) mass is 212 g/mol. The number of nitrogens with two attached hydrogens (primary N) is 1. The van der Waals surface area contributed by atoms with E-state index in [-0.39, 0.29) is 0 Å². The van der Waals surface area contributed by atoms with E-state index in [4.69, 9.17) is 5.73 Å². The van der Waals surface area contributed by atoms with Crippen LogP contribution in [-0.4, -0.2) is 18.1 Å². The van der Waals surface area contributed by atoms with Gasteiger partial charge in [-0.25, -0.2) is 0 Å². The molecule has 1 aliphatic carbocycles. The van der Waals surface area contributed by atoms with Crippen molar-refractivity contribution in [2.24, 2.45) is 5.73 Å². The standard InChI is InChI=1S/C13H28N2/c1-3-4-5-7-11(2)15-13-9-6-8-12(14)10-13/h11-13,15H,3-10,14H2,1-2H3. The molecule has 0 aromatic carbocycles. The summed E-state index contributed by atoms with van der Waals surface area (Å²) in [4.78, 5) is 0. The summed E-state index contributed by atoms with van der Waals surface area (Å²) >= 11 is 0. The maximum atomic E-state index is 5.98. The molecule has 0 bridgehead atoms. The molecule has 1 fully saturated rings. The topological polar surface area (TPSA) is 38.0 Å². The lowest BCUT2D eigenvalue weighted by Crippen LogP contribution is -2.43. The van der Waals surface area contributed by atoms with E-state index >= 15 is 0 Å². The first-order chi connectivity index (χ1) is 7.22. The van der Waals surface area contributed by atoms with E-state index in [0.717, 1.165) is 0 Å². The minimum Gasteiger partial charge on any atom is -0.328 e. The molecule has 1 rings (SSSR count). The first kappa shape index (κ1) is 13.0. The molecule has 0 aromatic heterocycles. The number of hydrogen-bond donors (Lipinski definition) is 2. The van der Waals surface area contributed by atoms with Crippen molar-refractivity contribution in [2.45, 2.75) is 83.3 Å². The maximum Gasteiger partial charge on any atom is 0.00842 e. The van der Waals surface area contributed by atoms with Gasteiger partial charge in [-0.15, -0.1) is 0 Å². The maximum absolute atomic E-state index is 5.98. The Kier molecular flexibility index (Phi) is 6.26. The number of hydrogen-bond acceptors (Lipinski definition) is 2.